The minimum Gasteiger partial charge on any atom is -0.342 e. The number of rotatable bonds is 5. The molecule has 8 heteroatoms. The van der Waals surface area contributed by atoms with E-state index in [4.69, 9.17) is 23.2 Å². The van der Waals surface area contributed by atoms with E-state index in [2.05, 4.69) is 15.7 Å². The molecule has 0 aliphatic heterocycles. The number of fused-ring (bicyclic) bond motifs is 1. The van der Waals surface area contributed by atoms with Crippen molar-refractivity contribution in [3.63, 3.8) is 0 Å². The quantitative estimate of drug-likeness (QED) is 0.473. The number of nitrogens with zero attached hydrogens (tertiary/aromatic N) is 2. The summed E-state index contributed by atoms with van der Waals surface area (Å²) in [5.41, 5.74) is 1.53. The molecule has 1 aromatic heterocycles. The van der Waals surface area contributed by atoms with Crippen LogP contribution in [0.5, 0.6) is 0 Å². The van der Waals surface area contributed by atoms with Gasteiger partial charge in [-0.1, -0.05) is 59.6 Å². The van der Waals surface area contributed by atoms with Crippen LogP contribution in [0.15, 0.2) is 72.9 Å². The van der Waals surface area contributed by atoms with E-state index in [1.807, 2.05) is 42.5 Å². The molecule has 6 nitrogen and oxygen atoms in total. The van der Waals surface area contributed by atoms with Crippen molar-refractivity contribution in [2.24, 2.45) is 0 Å². The largest absolute Gasteiger partial charge is 0.342 e. The van der Waals surface area contributed by atoms with Crippen LogP contribution < -0.4 is 10.6 Å². The Labute approximate surface area is 182 Å². The third-order valence-corrected chi connectivity index (χ3v) is 5.20. The fourth-order valence-electron chi connectivity index (χ4n) is 3.00. The van der Waals surface area contributed by atoms with Crippen molar-refractivity contribution in [3.05, 3.63) is 88.7 Å². The Morgan fingerprint density at radius 3 is 2.57 bits per heavy atom. The Bertz CT molecular complexity index is 1250. The van der Waals surface area contributed by atoms with E-state index in [1.165, 1.54) is 4.68 Å². The van der Waals surface area contributed by atoms with Crippen LogP contribution in [0, 0.1) is 0 Å². The number of anilines is 1. The molecule has 0 aliphatic carbocycles. The first-order chi connectivity index (χ1) is 14.5. The molecule has 4 rings (SSSR count). The Kier molecular flexibility index (Phi) is 5.70. The average molecular weight is 439 g/mol. The lowest BCUT2D eigenvalue weighted by Gasteiger charge is -2.09. The van der Waals surface area contributed by atoms with Gasteiger partial charge in [0.25, 0.3) is 5.91 Å². The van der Waals surface area contributed by atoms with Gasteiger partial charge in [0.2, 0.25) is 5.91 Å². The number of amides is 2. The molecule has 0 unspecified atom stereocenters. The van der Waals surface area contributed by atoms with E-state index in [1.54, 1.807) is 30.5 Å². The number of hydrogen-bond donors (Lipinski definition) is 2. The molecule has 4 aromatic rings. The van der Waals surface area contributed by atoms with E-state index in [0.29, 0.717) is 21.4 Å². The van der Waals surface area contributed by atoms with Gasteiger partial charge in [0.15, 0.2) is 5.69 Å². The highest BCUT2D eigenvalue weighted by molar-refractivity contribution is 6.42. The van der Waals surface area contributed by atoms with Crippen molar-refractivity contribution in [2.45, 2.75) is 0 Å². The topological polar surface area (TPSA) is 76.0 Å². The van der Waals surface area contributed by atoms with Gasteiger partial charge in [-0.05, 0) is 35.7 Å². The maximum atomic E-state index is 12.4. The second-order valence-electron chi connectivity index (χ2n) is 6.50. The van der Waals surface area contributed by atoms with Gasteiger partial charge in [-0.25, -0.2) is 4.68 Å². The molecule has 0 saturated carbocycles. The Hall–Kier alpha value is -3.35. The minimum atomic E-state index is -0.457. The Morgan fingerprint density at radius 1 is 0.933 bits per heavy atom. The summed E-state index contributed by atoms with van der Waals surface area (Å²) in [5, 5.41) is 12.4. The molecule has 0 fully saturated rings. The van der Waals surface area contributed by atoms with E-state index in [-0.39, 0.29) is 18.1 Å². The van der Waals surface area contributed by atoms with Crippen molar-refractivity contribution in [3.8, 4) is 5.69 Å². The Morgan fingerprint density at radius 2 is 1.73 bits per heavy atom. The molecule has 0 radical (unpaired) electrons. The monoisotopic (exact) mass is 438 g/mol. The molecule has 30 heavy (non-hydrogen) atoms. The van der Waals surface area contributed by atoms with Gasteiger partial charge in [-0.3, -0.25) is 9.59 Å². The SMILES string of the molecule is O=C(CNC(=O)c1ccn(-c2ccc(Cl)c(Cl)c2)n1)Nc1cccc2ccccc12. The highest BCUT2D eigenvalue weighted by Gasteiger charge is 2.13. The fourth-order valence-corrected chi connectivity index (χ4v) is 3.29. The zero-order chi connectivity index (χ0) is 21.1. The number of hydrogen-bond acceptors (Lipinski definition) is 3. The highest BCUT2D eigenvalue weighted by atomic mass is 35.5. The minimum absolute atomic E-state index is 0.179. The standard InChI is InChI=1S/C22H16Cl2N4O2/c23-17-9-8-15(12-18(17)24)28-11-10-20(27-28)22(30)25-13-21(29)26-19-7-3-5-14-4-1-2-6-16(14)19/h1-12H,13H2,(H,25,30)(H,26,29). The van der Waals surface area contributed by atoms with Gasteiger partial charge in [0.1, 0.15) is 0 Å². The zero-order valence-electron chi connectivity index (χ0n) is 15.6. The number of aromatic nitrogens is 2. The molecule has 0 aliphatic rings. The van der Waals surface area contributed by atoms with Crippen LogP contribution in [-0.4, -0.2) is 28.1 Å². The van der Waals surface area contributed by atoms with E-state index in [9.17, 15) is 9.59 Å². The predicted octanol–water partition coefficient (Wildman–Crippen LogP) is 4.70. The number of carbonyl (C=O) groups is 2. The summed E-state index contributed by atoms with van der Waals surface area (Å²) in [6.07, 6.45) is 1.63. The first-order valence-electron chi connectivity index (χ1n) is 9.08. The molecule has 3 aromatic carbocycles. The molecule has 2 N–H and O–H groups in total. The first-order valence-corrected chi connectivity index (χ1v) is 9.84. The van der Waals surface area contributed by atoms with E-state index < -0.39 is 5.91 Å². The number of nitrogens with one attached hydrogen (secondary N) is 2. The molecule has 1 heterocycles. The van der Waals surface area contributed by atoms with Gasteiger partial charge in [-0.2, -0.15) is 5.10 Å². The third kappa shape index (κ3) is 4.30. The first kappa shape index (κ1) is 19.9. The van der Waals surface area contributed by atoms with Gasteiger partial charge < -0.3 is 10.6 Å². The average Bonchev–Trinajstić information content (AvgIpc) is 3.25. The molecule has 0 bridgehead atoms. The normalized spacial score (nSPS) is 10.7. The molecular weight excluding hydrogens is 423 g/mol. The number of benzene rings is 3. The van der Waals surface area contributed by atoms with Crippen molar-refractivity contribution < 1.29 is 9.59 Å². The smallest absolute Gasteiger partial charge is 0.272 e. The molecular formula is C22H16Cl2N4O2. The molecule has 0 atom stereocenters. The van der Waals surface area contributed by atoms with Gasteiger partial charge in [0.05, 0.1) is 22.3 Å². The summed E-state index contributed by atoms with van der Waals surface area (Å²) in [7, 11) is 0. The summed E-state index contributed by atoms with van der Waals surface area (Å²) in [4.78, 5) is 24.7. The van der Waals surface area contributed by atoms with Crippen LogP contribution in [0.3, 0.4) is 0 Å². The molecule has 0 saturated heterocycles. The maximum Gasteiger partial charge on any atom is 0.272 e. The van der Waals surface area contributed by atoms with Gasteiger partial charge >= 0.3 is 0 Å². The second-order valence-corrected chi connectivity index (χ2v) is 7.32. The lowest BCUT2D eigenvalue weighted by atomic mass is 10.1. The van der Waals surface area contributed by atoms with Crippen LogP contribution in [0.2, 0.25) is 10.0 Å². The molecule has 0 spiro atoms. The fraction of sp³-hybridized carbons (Fsp3) is 0.0455. The summed E-state index contributed by atoms with van der Waals surface area (Å²) < 4.78 is 1.51. The van der Waals surface area contributed by atoms with Crippen LogP contribution in [0.1, 0.15) is 10.5 Å². The third-order valence-electron chi connectivity index (χ3n) is 4.46. The van der Waals surface area contributed by atoms with Gasteiger partial charge in [-0.15, -0.1) is 0 Å². The van der Waals surface area contributed by atoms with Crippen LogP contribution >= 0.6 is 23.2 Å². The number of halogens is 2. The van der Waals surface area contributed by atoms with Crippen molar-refractivity contribution in [1.29, 1.82) is 0 Å². The summed E-state index contributed by atoms with van der Waals surface area (Å²) in [5.74, 6) is -0.787. The van der Waals surface area contributed by atoms with Crippen LogP contribution in [-0.2, 0) is 4.79 Å². The second kappa shape index (κ2) is 8.57. The number of carbonyl (C=O) groups excluding carboxylic acids is 2. The molecule has 2 amide bonds. The summed E-state index contributed by atoms with van der Waals surface area (Å²) >= 11 is 11.9. The maximum absolute atomic E-state index is 12.4. The van der Waals surface area contributed by atoms with Crippen LogP contribution in [0.4, 0.5) is 5.69 Å². The van der Waals surface area contributed by atoms with Crippen molar-refractivity contribution in [1.82, 2.24) is 15.1 Å². The lowest BCUT2D eigenvalue weighted by molar-refractivity contribution is -0.115. The van der Waals surface area contributed by atoms with Crippen molar-refractivity contribution >= 4 is 51.5 Å². The highest BCUT2D eigenvalue weighted by Crippen LogP contribution is 2.24. The predicted molar refractivity (Wildman–Crippen MR) is 118 cm³/mol. The Balaban J connectivity index is 1.39. The van der Waals surface area contributed by atoms with E-state index in [0.717, 1.165) is 10.8 Å². The van der Waals surface area contributed by atoms with E-state index >= 15 is 0 Å². The lowest BCUT2D eigenvalue weighted by Crippen LogP contribution is -2.33. The molecule has 150 valence electrons. The zero-order valence-corrected chi connectivity index (χ0v) is 17.1. The summed E-state index contributed by atoms with van der Waals surface area (Å²) in [6.45, 7) is -0.179. The van der Waals surface area contributed by atoms with Gasteiger partial charge in [0, 0.05) is 17.3 Å². The van der Waals surface area contributed by atoms with Crippen molar-refractivity contribution in [2.75, 3.05) is 11.9 Å². The van der Waals surface area contributed by atoms with Crippen LogP contribution in [0.25, 0.3) is 16.5 Å². The summed E-state index contributed by atoms with van der Waals surface area (Å²) in [6, 6.07) is 20.0.